The number of benzene rings is 1. The number of nitrogen functional groups attached to an aromatic ring is 1. The van der Waals surface area contributed by atoms with E-state index in [4.69, 9.17) is 5.73 Å². The fourth-order valence-electron chi connectivity index (χ4n) is 0.827. The highest BCUT2D eigenvalue weighted by molar-refractivity contribution is 5.59. The molecule has 0 aliphatic rings. The predicted octanol–water partition coefficient (Wildman–Crippen LogP) is 1.11. The molecule has 0 heterocycles. The van der Waals surface area contributed by atoms with Crippen LogP contribution in [0, 0.1) is 6.92 Å². The minimum absolute atomic E-state index is 0.362. The number of carbonyl (C=O) groups is 1. The van der Waals surface area contributed by atoms with E-state index in [0.29, 0.717) is 17.9 Å². The lowest BCUT2D eigenvalue weighted by molar-refractivity contribution is -0.120. The van der Waals surface area contributed by atoms with Gasteiger partial charge in [-0.15, -0.1) is 0 Å². The summed E-state index contributed by atoms with van der Waals surface area (Å²) in [5.41, 5.74) is 7.05. The van der Waals surface area contributed by atoms with Crippen LogP contribution >= 0.6 is 0 Å². The zero-order chi connectivity index (χ0) is 8.27. The Bertz CT molecular complexity index is 271. The molecule has 0 saturated heterocycles. The number of ether oxygens (including phenoxy) is 1. The third-order valence-corrected chi connectivity index (χ3v) is 1.34. The predicted molar refractivity (Wildman–Crippen MR) is 42.3 cm³/mol. The van der Waals surface area contributed by atoms with Crippen LogP contribution in [0.5, 0.6) is 5.75 Å². The molecule has 0 radical (unpaired) electrons. The zero-order valence-electron chi connectivity index (χ0n) is 6.20. The Kier molecular flexibility index (Phi) is 2.11. The summed E-state index contributed by atoms with van der Waals surface area (Å²) in [6.45, 7) is 2.28. The molecule has 0 aliphatic heterocycles. The third-order valence-electron chi connectivity index (χ3n) is 1.34. The van der Waals surface area contributed by atoms with Crippen LogP contribution in [0.2, 0.25) is 0 Å². The molecule has 11 heavy (non-hydrogen) atoms. The SMILES string of the molecule is Cc1ccc(OC=O)c(N)c1. The van der Waals surface area contributed by atoms with Gasteiger partial charge < -0.3 is 10.5 Å². The lowest BCUT2D eigenvalue weighted by atomic mass is 10.2. The highest BCUT2D eigenvalue weighted by Gasteiger charge is 1.97. The summed E-state index contributed by atoms with van der Waals surface area (Å²) in [4.78, 5) is 9.93. The van der Waals surface area contributed by atoms with Crippen molar-refractivity contribution >= 4 is 12.2 Å². The van der Waals surface area contributed by atoms with Crippen LogP contribution in [0.4, 0.5) is 5.69 Å². The van der Waals surface area contributed by atoms with E-state index in [9.17, 15) is 4.79 Å². The fraction of sp³-hybridized carbons (Fsp3) is 0.125. The summed E-state index contributed by atoms with van der Waals surface area (Å²) >= 11 is 0. The Morgan fingerprint density at radius 1 is 1.55 bits per heavy atom. The molecule has 0 aliphatic carbocycles. The minimum atomic E-state index is 0.362. The van der Waals surface area contributed by atoms with Gasteiger partial charge in [0.2, 0.25) is 0 Å². The lowest BCUT2D eigenvalue weighted by Crippen LogP contribution is -1.94. The first kappa shape index (κ1) is 7.60. The van der Waals surface area contributed by atoms with Crippen molar-refractivity contribution in [3.05, 3.63) is 23.8 Å². The van der Waals surface area contributed by atoms with Gasteiger partial charge in [-0.3, -0.25) is 4.79 Å². The fourth-order valence-corrected chi connectivity index (χ4v) is 0.827. The summed E-state index contributed by atoms with van der Waals surface area (Å²) in [7, 11) is 0. The number of rotatable bonds is 2. The second kappa shape index (κ2) is 3.05. The zero-order valence-corrected chi connectivity index (χ0v) is 6.20. The molecule has 0 amide bonds. The van der Waals surface area contributed by atoms with Gasteiger partial charge in [0, 0.05) is 0 Å². The Labute approximate surface area is 64.8 Å². The maximum absolute atomic E-state index is 9.93. The molecule has 3 nitrogen and oxygen atoms in total. The molecular weight excluding hydrogens is 142 g/mol. The summed E-state index contributed by atoms with van der Waals surface area (Å²) in [5, 5.41) is 0. The van der Waals surface area contributed by atoms with Crippen molar-refractivity contribution in [2.24, 2.45) is 0 Å². The maximum Gasteiger partial charge on any atom is 0.298 e. The molecule has 0 atom stereocenters. The number of nitrogens with two attached hydrogens (primary N) is 1. The van der Waals surface area contributed by atoms with Crippen molar-refractivity contribution in [3.8, 4) is 5.75 Å². The van der Waals surface area contributed by atoms with Crippen LogP contribution < -0.4 is 10.5 Å². The molecule has 0 bridgehead atoms. The molecule has 2 N–H and O–H groups in total. The Hall–Kier alpha value is -1.51. The first-order chi connectivity index (χ1) is 5.24. The molecule has 0 unspecified atom stereocenters. The summed E-state index contributed by atoms with van der Waals surface area (Å²) in [5.74, 6) is 0.408. The number of hydrogen-bond donors (Lipinski definition) is 1. The Balaban J connectivity index is 2.98. The van der Waals surface area contributed by atoms with Gasteiger partial charge in [-0.05, 0) is 24.6 Å². The molecule has 0 saturated carbocycles. The van der Waals surface area contributed by atoms with Crippen molar-refractivity contribution in [3.63, 3.8) is 0 Å². The van der Waals surface area contributed by atoms with Crippen LogP contribution in [-0.2, 0) is 4.79 Å². The standard InChI is InChI=1S/C8H9NO2/c1-6-2-3-8(11-5-10)7(9)4-6/h2-5H,9H2,1H3. The van der Waals surface area contributed by atoms with Crippen LogP contribution in [-0.4, -0.2) is 6.47 Å². The van der Waals surface area contributed by atoms with E-state index in [-0.39, 0.29) is 0 Å². The van der Waals surface area contributed by atoms with Gasteiger partial charge >= 0.3 is 0 Å². The number of carbonyl (C=O) groups excluding carboxylic acids is 1. The number of anilines is 1. The van der Waals surface area contributed by atoms with Crippen molar-refractivity contribution in [2.45, 2.75) is 6.92 Å². The summed E-state index contributed by atoms with van der Waals surface area (Å²) < 4.78 is 4.59. The van der Waals surface area contributed by atoms with Crippen LogP contribution in [0.1, 0.15) is 5.56 Å². The van der Waals surface area contributed by atoms with Crippen molar-refractivity contribution in [1.29, 1.82) is 0 Å². The van der Waals surface area contributed by atoms with E-state index in [0.717, 1.165) is 5.56 Å². The maximum atomic E-state index is 9.93. The van der Waals surface area contributed by atoms with E-state index in [1.54, 1.807) is 12.1 Å². The van der Waals surface area contributed by atoms with E-state index in [1.807, 2.05) is 13.0 Å². The van der Waals surface area contributed by atoms with Crippen molar-refractivity contribution in [2.75, 3.05) is 5.73 Å². The van der Waals surface area contributed by atoms with Crippen molar-refractivity contribution < 1.29 is 9.53 Å². The Morgan fingerprint density at radius 2 is 2.27 bits per heavy atom. The molecule has 0 aromatic heterocycles. The highest BCUT2D eigenvalue weighted by Crippen LogP contribution is 2.20. The van der Waals surface area contributed by atoms with Crippen LogP contribution in [0.25, 0.3) is 0 Å². The lowest BCUT2D eigenvalue weighted by Gasteiger charge is -2.02. The average Bonchev–Trinajstić information content (AvgIpc) is 1.95. The van der Waals surface area contributed by atoms with Gasteiger partial charge in [0.05, 0.1) is 5.69 Å². The topological polar surface area (TPSA) is 52.3 Å². The number of aryl methyl sites for hydroxylation is 1. The molecule has 1 rings (SSSR count). The number of hydrogen-bond acceptors (Lipinski definition) is 3. The third kappa shape index (κ3) is 1.70. The normalized spacial score (nSPS) is 9.18. The van der Waals surface area contributed by atoms with Gasteiger partial charge in [0.25, 0.3) is 6.47 Å². The second-order valence-corrected chi connectivity index (χ2v) is 2.26. The first-order valence-electron chi connectivity index (χ1n) is 3.20. The van der Waals surface area contributed by atoms with E-state index in [2.05, 4.69) is 4.74 Å². The van der Waals surface area contributed by atoms with Crippen LogP contribution in [0.3, 0.4) is 0 Å². The van der Waals surface area contributed by atoms with E-state index >= 15 is 0 Å². The van der Waals surface area contributed by atoms with Gasteiger partial charge in [0.15, 0.2) is 5.75 Å². The van der Waals surface area contributed by atoms with E-state index < -0.39 is 0 Å². The second-order valence-electron chi connectivity index (χ2n) is 2.26. The molecule has 58 valence electrons. The van der Waals surface area contributed by atoms with E-state index in [1.165, 1.54) is 0 Å². The molecule has 1 aromatic rings. The minimum Gasteiger partial charge on any atom is -0.427 e. The van der Waals surface area contributed by atoms with Gasteiger partial charge in [0.1, 0.15) is 0 Å². The smallest absolute Gasteiger partial charge is 0.298 e. The largest absolute Gasteiger partial charge is 0.427 e. The molecule has 0 spiro atoms. The summed E-state index contributed by atoms with van der Waals surface area (Å²) in [6.07, 6.45) is 0. The molecule has 3 heteroatoms. The Morgan fingerprint density at radius 3 is 2.82 bits per heavy atom. The first-order valence-corrected chi connectivity index (χ1v) is 3.20. The van der Waals surface area contributed by atoms with Gasteiger partial charge in [-0.2, -0.15) is 0 Å². The van der Waals surface area contributed by atoms with Crippen molar-refractivity contribution in [1.82, 2.24) is 0 Å². The van der Waals surface area contributed by atoms with Gasteiger partial charge in [-0.25, -0.2) is 0 Å². The molecule has 1 aromatic carbocycles. The summed E-state index contributed by atoms with van der Waals surface area (Å²) in [6, 6.07) is 5.24. The quantitative estimate of drug-likeness (QED) is 0.509. The van der Waals surface area contributed by atoms with Gasteiger partial charge in [-0.1, -0.05) is 6.07 Å². The van der Waals surface area contributed by atoms with Crippen LogP contribution in [0.15, 0.2) is 18.2 Å². The average molecular weight is 151 g/mol. The molecule has 0 fully saturated rings. The molecular formula is C8H9NO2. The highest BCUT2D eigenvalue weighted by atomic mass is 16.5. The monoisotopic (exact) mass is 151 g/mol.